The van der Waals surface area contributed by atoms with Crippen molar-refractivity contribution in [3.05, 3.63) is 70.1 Å². The van der Waals surface area contributed by atoms with Crippen molar-refractivity contribution < 1.29 is 14.6 Å². The number of aryl methyl sites for hydroxylation is 1. The molecule has 0 aliphatic rings. The van der Waals surface area contributed by atoms with E-state index in [1.165, 1.54) is 17.9 Å². The van der Waals surface area contributed by atoms with Crippen molar-refractivity contribution in [2.75, 3.05) is 13.7 Å². The summed E-state index contributed by atoms with van der Waals surface area (Å²) in [6.07, 6.45) is 1.20. The van der Waals surface area contributed by atoms with Gasteiger partial charge in [-0.15, -0.1) is 0 Å². The van der Waals surface area contributed by atoms with Crippen LogP contribution in [0.2, 0.25) is 0 Å². The molecule has 0 radical (unpaired) electrons. The number of benzene rings is 2. The van der Waals surface area contributed by atoms with E-state index in [9.17, 15) is 14.7 Å². The first-order chi connectivity index (χ1) is 13.4. The summed E-state index contributed by atoms with van der Waals surface area (Å²) in [5.74, 6) is -0.474. The zero-order valence-corrected chi connectivity index (χ0v) is 15.9. The molecule has 28 heavy (non-hydrogen) atoms. The number of ether oxygens (including phenoxy) is 1. The van der Waals surface area contributed by atoms with Crippen molar-refractivity contribution in [2.24, 2.45) is 0 Å². The lowest BCUT2D eigenvalue weighted by atomic mass is 10.0. The second-order valence-corrected chi connectivity index (χ2v) is 6.20. The summed E-state index contributed by atoms with van der Waals surface area (Å²) in [5.41, 5.74) is 2.14. The van der Waals surface area contributed by atoms with Gasteiger partial charge >= 0.3 is 0 Å². The van der Waals surface area contributed by atoms with Crippen LogP contribution in [-0.4, -0.2) is 34.4 Å². The van der Waals surface area contributed by atoms with E-state index in [1.807, 2.05) is 50.2 Å². The molecule has 1 amide bonds. The molecular formula is C21H21N3O4. The van der Waals surface area contributed by atoms with Crippen LogP contribution in [-0.2, 0) is 0 Å². The molecule has 0 atom stereocenters. The molecule has 1 aromatic heterocycles. The van der Waals surface area contributed by atoms with Gasteiger partial charge in [-0.25, -0.2) is 4.68 Å². The Morgan fingerprint density at radius 2 is 2.00 bits per heavy atom. The van der Waals surface area contributed by atoms with Crippen LogP contribution in [0.5, 0.6) is 11.5 Å². The second kappa shape index (κ2) is 7.96. The van der Waals surface area contributed by atoms with E-state index in [2.05, 4.69) is 10.4 Å². The van der Waals surface area contributed by atoms with E-state index in [1.54, 1.807) is 6.07 Å². The molecule has 0 saturated heterocycles. The largest absolute Gasteiger partial charge is 0.503 e. The minimum atomic E-state index is -0.817. The molecule has 2 N–H and O–H groups in total. The highest BCUT2D eigenvalue weighted by molar-refractivity contribution is 5.92. The fraction of sp³-hybridized carbons (Fsp3) is 0.190. The summed E-state index contributed by atoms with van der Waals surface area (Å²) in [7, 11) is 1.40. The predicted octanol–water partition coefficient (Wildman–Crippen LogP) is 2.67. The maximum atomic E-state index is 12.1. The molecule has 3 rings (SSSR count). The SMILES string of the molecule is CCOc1cc(C)cc(-c2ccccc2-n2cc(O)c(=O)c(C(=O)NC)n2)c1. The normalized spacial score (nSPS) is 10.5. The summed E-state index contributed by atoms with van der Waals surface area (Å²) >= 11 is 0. The second-order valence-electron chi connectivity index (χ2n) is 6.20. The van der Waals surface area contributed by atoms with Crippen LogP contribution >= 0.6 is 0 Å². The number of carbonyl (C=O) groups excluding carboxylic acids is 1. The van der Waals surface area contributed by atoms with Gasteiger partial charge in [-0.1, -0.05) is 24.3 Å². The molecule has 0 spiro atoms. The van der Waals surface area contributed by atoms with E-state index in [0.29, 0.717) is 12.3 Å². The Bertz CT molecular complexity index is 1090. The number of amides is 1. The number of nitrogens with one attached hydrogen (secondary N) is 1. The molecule has 0 unspecified atom stereocenters. The monoisotopic (exact) mass is 379 g/mol. The van der Waals surface area contributed by atoms with Crippen LogP contribution in [0.15, 0.2) is 53.5 Å². The first-order valence-electron chi connectivity index (χ1n) is 8.84. The smallest absolute Gasteiger partial charge is 0.275 e. The number of carbonyl (C=O) groups is 1. The van der Waals surface area contributed by atoms with Gasteiger partial charge in [0.2, 0.25) is 0 Å². The highest BCUT2D eigenvalue weighted by atomic mass is 16.5. The number of hydrogen-bond acceptors (Lipinski definition) is 5. The molecule has 0 bridgehead atoms. The summed E-state index contributed by atoms with van der Waals surface area (Å²) in [5, 5.41) is 16.5. The number of rotatable bonds is 5. The lowest BCUT2D eigenvalue weighted by Crippen LogP contribution is -2.29. The van der Waals surface area contributed by atoms with Crippen molar-refractivity contribution in [3.63, 3.8) is 0 Å². The van der Waals surface area contributed by atoms with Crippen LogP contribution in [0.4, 0.5) is 0 Å². The summed E-state index contributed by atoms with van der Waals surface area (Å²) in [6, 6.07) is 13.3. The Morgan fingerprint density at radius 3 is 2.71 bits per heavy atom. The predicted molar refractivity (Wildman–Crippen MR) is 106 cm³/mol. The molecular weight excluding hydrogens is 358 g/mol. The number of para-hydroxylation sites is 1. The van der Waals surface area contributed by atoms with E-state index >= 15 is 0 Å². The molecule has 0 saturated carbocycles. The topological polar surface area (TPSA) is 93.5 Å². The van der Waals surface area contributed by atoms with E-state index in [-0.39, 0.29) is 5.69 Å². The number of nitrogens with zero attached hydrogens (tertiary/aromatic N) is 2. The van der Waals surface area contributed by atoms with Gasteiger partial charge in [0.05, 0.1) is 18.5 Å². The molecule has 3 aromatic rings. The van der Waals surface area contributed by atoms with Gasteiger partial charge in [0, 0.05) is 12.6 Å². The number of aromatic nitrogens is 2. The molecule has 1 heterocycles. The standard InChI is InChI=1S/C21H21N3O4/c1-4-28-15-10-13(2)9-14(11-15)16-7-5-6-8-17(16)24-12-18(25)20(26)19(23-24)21(27)22-3/h5-12,25H,4H2,1-3H3,(H,22,27). The molecule has 0 aliphatic heterocycles. The first-order valence-corrected chi connectivity index (χ1v) is 8.84. The van der Waals surface area contributed by atoms with Crippen molar-refractivity contribution >= 4 is 5.91 Å². The lowest BCUT2D eigenvalue weighted by molar-refractivity contribution is 0.0954. The number of hydrogen-bond donors (Lipinski definition) is 2. The van der Waals surface area contributed by atoms with Crippen LogP contribution in [0.3, 0.4) is 0 Å². The third-order valence-corrected chi connectivity index (χ3v) is 4.17. The molecule has 0 aliphatic carbocycles. The maximum absolute atomic E-state index is 12.1. The Morgan fingerprint density at radius 1 is 1.25 bits per heavy atom. The lowest BCUT2D eigenvalue weighted by Gasteiger charge is -2.14. The highest BCUT2D eigenvalue weighted by Crippen LogP contribution is 2.30. The van der Waals surface area contributed by atoms with Crippen LogP contribution in [0.1, 0.15) is 23.0 Å². The molecule has 144 valence electrons. The highest BCUT2D eigenvalue weighted by Gasteiger charge is 2.17. The molecule has 7 heteroatoms. The third-order valence-electron chi connectivity index (χ3n) is 4.17. The fourth-order valence-corrected chi connectivity index (χ4v) is 2.94. The zero-order chi connectivity index (χ0) is 20.3. The van der Waals surface area contributed by atoms with Crippen molar-refractivity contribution in [1.82, 2.24) is 15.1 Å². The Kier molecular flexibility index (Phi) is 5.44. The van der Waals surface area contributed by atoms with Gasteiger partial charge in [0.25, 0.3) is 11.3 Å². The maximum Gasteiger partial charge on any atom is 0.275 e. The third kappa shape index (κ3) is 3.73. The van der Waals surface area contributed by atoms with Gasteiger partial charge in [-0.3, -0.25) is 9.59 Å². The van der Waals surface area contributed by atoms with Gasteiger partial charge in [-0.2, -0.15) is 5.10 Å². The minimum Gasteiger partial charge on any atom is -0.503 e. The molecule has 0 fully saturated rings. The fourth-order valence-electron chi connectivity index (χ4n) is 2.94. The minimum absolute atomic E-state index is 0.378. The first kappa shape index (κ1) is 19.2. The number of aromatic hydroxyl groups is 1. The average Bonchev–Trinajstić information content (AvgIpc) is 2.69. The van der Waals surface area contributed by atoms with Gasteiger partial charge in [0.1, 0.15) is 5.75 Å². The van der Waals surface area contributed by atoms with E-state index in [4.69, 9.17) is 4.74 Å². The van der Waals surface area contributed by atoms with Crippen LogP contribution in [0, 0.1) is 6.92 Å². The Hall–Kier alpha value is -3.61. The van der Waals surface area contributed by atoms with Crippen molar-refractivity contribution in [2.45, 2.75) is 13.8 Å². The Balaban J connectivity index is 2.21. The molecule has 7 nitrogen and oxygen atoms in total. The zero-order valence-electron chi connectivity index (χ0n) is 15.9. The van der Waals surface area contributed by atoms with Crippen molar-refractivity contribution in [3.8, 4) is 28.3 Å². The van der Waals surface area contributed by atoms with Crippen molar-refractivity contribution in [1.29, 1.82) is 0 Å². The van der Waals surface area contributed by atoms with Crippen LogP contribution < -0.4 is 15.5 Å². The summed E-state index contributed by atoms with van der Waals surface area (Å²) in [4.78, 5) is 24.0. The van der Waals surface area contributed by atoms with Crippen LogP contribution in [0.25, 0.3) is 16.8 Å². The Labute approximate surface area is 162 Å². The summed E-state index contributed by atoms with van der Waals surface area (Å²) < 4.78 is 6.97. The quantitative estimate of drug-likeness (QED) is 0.711. The van der Waals surface area contributed by atoms with E-state index in [0.717, 1.165) is 22.4 Å². The average molecular weight is 379 g/mol. The summed E-state index contributed by atoms with van der Waals surface area (Å²) in [6.45, 7) is 4.44. The molecule has 2 aromatic carbocycles. The van der Waals surface area contributed by atoms with E-state index < -0.39 is 17.1 Å². The van der Waals surface area contributed by atoms with Gasteiger partial charge in [0.15, 0.2) is 11.4 Å². The van der Waals surface area contributed by atoms with Gasteiger partial charge < -0.3 is 15.2 Å². The van der Waals surface area contributed by atoms with Gasteiger partial charge in [-0.05, 0) is 43.2 Å².